The lowest BCUT2D eigenvalue weighted by Crippen LogP contribution is -2.51. The summed E-state index contributed by atoms with van der Waals surface area (Å²) >= 11 is 0. The van der Waals surface area contributed by atoms with E-state index in [2.05, 4.69) is 9.80 Å². The average molecular weight is 360 g/mol. The van der Waals surface area contributed by atoms with Crippen LogP contribution in [0.3, 0.4) is 0 Å². The number of nitrogens with zero attached hydrogens (tertiary/aromatic N) is 2. The number of amides is 1. The molecule has 142 valence electrons. The van der Waals surface area contributed by atoms with Crippen LogP contribution in [0.25, 0.3) is 0 Å². The van der Waals surface area contributed by atoms with Gasteiger partial charge >= 0.3 is 0 Å². The number of morpholine rings is 1. The number of hydrogen-bond acceptors (Lipinski definition) is 5. The fourth-order valence-corrected chi connectivity index (χ4v) is 4.07. The Kier molecular flexibility index (Phi) is 5.60. The molecule has 2 saturated heterocycles. The van der Waals surface area contributed by atoms with E-state index in [4.69, 9.17) is 14.2 Å². The molecular formula is C20H28N2O4. The van der Waals surface area contributed by atoms with Gasteiger partial charge in [0.25, 0.3) is 0 Å². The molecule has 0 aliphatic carbocycles. The van der Waals surface area contributed by atoms with Crippen LogP contribution in [0.15, 0.2) is 18.2 Å². The van der Waals surface area contributed by atoms with Gasteiger partial charge in [-0.25, -0.2) is 0 Å². The SMILES string of the molecule is O=C(Cc1ccc2c(c1)OCCO2)N1CCCCC1CN1CCOCC1. The smallest absolute Gasteiger partial charge is 0.227 e. The van der Waals surface area contributed by atoms with E-state index in [9.17, 15) is 4.79 Å². The number of hydrogen-bond donors (Lipinski definition) is 0. The molecule has 1 unspecified atom stereocenters. The van der Waals surface area contributed by atoms with Gasteiger partial charge in [0.1, 0.15) is 13.2 Å². The molecule has 0 spiro atoms. The van der Waals surface area contributed by atoms with Crippen LogP contribution in [0, 0.1) is 0 Å². The molecule has 0 radical (unpaired) electrons. The van der Waals surface area contributed by atoms with E-state index in [0.717, 1.165) is 69.3 Å². The van der Waals surface area contributed by atoms with Crippen LogP contribution in [-0.4, -0.2) is 74.4 Å². The van der Waals surface area contributed by atoms with E-state index in [-0.39, 0.29) is 5.91 Å². The second kappa shape index (κ2) is 8.27. The highest BCUT2D eigenvalue weighted by atomic mass is 16.6. The second-order valence-corrected chi connectivity index (χ2v) is 7.30. The highest BCUT2D eigenvalue weighted by Gasteiger charge is 2.29. The predicted octanol–water partition coefficient (Wildman–Crippen LogP) is 1.71. The van der Waals surface area contributed by atoms with Gasteiger partial charge in [-0.3, -0.25) is 9.69 Å². The Morgan fingerprint density at radius 1 is 1.00 bits per heavy atom. The molecule has 0 saturated carbocycles. The lowest BCUT2D eigenvalue weighted by atomic mass is 10.00. The number of ether oxygens (including phenoxy) is 3. The number of fused-ring (bicyclic) bond motifs is 1. The summed E-state index contributed by atoms with van der Waals surface area (Å²) in [5.74, 6) is 1.75. The maximum atomic E-state index is 13.0. The van der Waals surface area contributed by atoms with Gasteiger partial charge in [0.15, 0.2) is 11.5 Å². The minimum Gasteiger partial charge on any atom is -0.486 e. The molecule has 3 heterocycles. The molecule has 1 aromatic carbocycles. The highest BCUT2D eigenvalue weighted by molar-refractivity contribution is 5.79. The summed E-state index contributed by atoms with van der Waals surface area (Å²) in [5, 5.41) is 0. The summed E-state index contributed by atoms with van der Waals surface area (Å²) in [6.45, 7) is 6.55. The molecule has 1 amide bonds. The summed E-state index contributed by atoms with van der Waals surface area (Å²) in [5.41, 5.74) is 0.995. The minimum atomic E-state index is 0.222. The van der Waals surface area contributed by atoms with Crippen molar-refractivity contribution in [1.29, 1.82) is 0 Å². The zero-order valence-electron chi connectivity index (χ0n) is 15.3. The van der Waals surface area contributed by atoms with Crippen LogP contribution in [-0.2, 0) is 16.0 Å². The lowest BCUT2D eigenvalue weighted by molar-refractivity contribution is -0.134. The molecule has 0 bridgehead atoms. The van der Waals surface area contributed by atoms with Gasteiger partial charge in [0.2, 0.25) is 5.91 Å². The van der Waals surface area contributed by atoms with E-state index in [0.29, 0.717) is 25.7 Å². The molecule has 1 atom stereocenters. The first-order chi connectivity index (χ1) is 12.8. The summed E-state index contributed by atoms with van der Waals surface area (Å²) in [4.78, 5) is 17.5. The van der Waals surface area contributed by atoms with Crippen molar-refractivity contribution < 1.29 is 19.0 Å². The van der Waals surface area contributed by atoms with Gasteiger partial charge < -0.3 is 19.1 Å². The van der Waals surface area contributed by atoms with Crippen LogP contribution in [0.4, 0.5) is 0 Å². The van der Waals surface area contributed by atoms with Crippen molar-refractivity contribution >= 4 is 5.91 Å². The topological polar surface area (TPSA) is 51.2 Å². The largest absolute Gasteiger partial charge is 0.486 e. The summed E-state index contributed by atoms with van der Waals surface area (Å²) in [7, 11) is 0. The van der Waals surface area contributed by atoms with Crippen molar-refractivity contribution in [3.8, 4) is 11.5 Å². The average Bonchev–Trinajstić information content (AvgIpc) is 2.69. The number of likely N-dealkylation sites (tertiary alicyclic amines) is 1. The molecular weight excluding hydrogens is 332 g/mol. The molecule has 6 nitrogen and oxygen atoms in total. The van der Waals surface area contributed by atoms with Crippen LogP contribution in [0.1, 0.15) is 24.8 Å². The Labute approximate surface area is 155 Å². The molecule has 0 aromatic heterocycles. The Morgan fingerprint density at radius 2 is 1.81 bits per heavy atom. The van der Waals surface area contributed by atoms with Crippen LogP contribution in [0.5, 0.6) is 11.5 Å². The van der Waals surface area contributed by atoms with Gasteiger partial charge in [0, 0.05) is 32.2 Å². The van der Waals surface area contributed by atoms with E-state index in [1.807, 2.05) is 18.2 Å². The molecule has 26 heavy (non-hydrogen) atoms. The Morgan fingerprint density at radius 3 is 2.65 bits per heavy atom. The zero-order chi connectivity index (χ0) is 17.8. The van der Waals surface area contributed by atoms with E-state index in [1.165, 1.54) is 6.42 Å². The maximum Gasteiger partial charge on any atom is 0.227 e. The van der Waals surface area contributed by atoms with Crippen molar-refractivity contribution in [2.45, 2.75) is 31.7 Å². The quantitative estimate of drug-likeness (QED) is 0.818. The van der Waals surface area contributed by atoms with Crippen molar-refractivity contribution in [3.63, 3.8) is 0 Å². The van der Waals surface area contributed by atoms with Crippen molar-refractivity contribution in [3.05, 3.63) is 23.8 Å². The standard InChI is InChI=1S/C20H28N2O4/c23-20(14-16-4-5-18-19(13-16)26-12-11-25-18)22-6-2-1-3-17(22)15-21-7-9-24-10-8-21/h4-5,13,17H,1-3,6-12,14-15H2. The molecule has 4 rings (SSSR count). The van der Waals surface area contributed by atoms with E-state index >= 15 is 0 Å². The monoisotopic (exact) mass is 360 g/mol. The van der Waals surface area contributed by atoms with Crippen molar-refractivity contribution in [1.82, 2.24) is 9.80 Å². The first-order valence-electron chi connectivity index (χ1n) is 9.78. The van der Waals surface area contributed by atoms with E-state index in [1.54, 1.807) is 0 Å². The van der Waals surface area contributed by atoms with Crippen LogP contribution < -0.4 is 9.47 Å². The summed E-state index contributed by atoms with van der Waals surface area (Å²) < 4.78 is 16.7. The molecule has 3 aliphatic heterocycles. The Hall–Kier alpha value is -1.79. The Bertz CT molecular complexity index is 630. The zero-order valence-corrected chi connectivity index (χ0v) is 15.3. The predicted molar refractivity (Wildman–Crippen MR) is 97.7 cm³/mol. The summed E-state index contributed by atoms with van der Waals surface area (Å²) in [6, 6.07) is 6.17. The lowest BCUT2D eigenvalue weighted by Gasteiger charge is -2.39. The fourth-order valence-electron chi connectivity index (χ4n) is 4.07. The van der Waals surface area contributed by atoms with E-state index < -0.39 is 0 Å². The second-order valence-electron chi connectivity index (χ2n) is 7.30. The third-order valence-electron chi connectivity index (χ3n) is 5.48. The molecule has 6 heteroatoms. The van der Waals surface area contributed by atoms with Crippen molar-refractivity contribution in [2.75, 3.05) is 52.6 Å². The third kappa shape index (κ3) is 4.13. The van der Waals surface area contributed by atoms with Crippen LogP contribution in [0.2, 0.25) is 0 Å². The number of piperidine rings is 1. The Balaban J connectivity index is 1.40. The van der Waals surface area contributed by atoms with Gasteiger partial charge in [-0.15, -0.1) is 0 Å². The van der Waals surface area contributed by atoms with Gasteiger partial charge in [-0.2, -0.15) is 0 Å². The minimum absolute atomic E-state index is 0.222. The van der Waals surface area contributed by atoms with Gasteiger partial charge in [-0.1, -0.05) is 6.07 Å². The maximum absolute atomic E-state index is 13.0. The number of carbonyl (C=O) groups excluding carboxylic acids is 1. The fraction of sp³-hybridized carbons (Fsp3) is 0.650. The van der Waals surface area contributed by atoms with Gasteiger partial charge in [0.05, 0.1) is 19.6 Å². The summed E-state index contributed by atoms with van der Waals surface area (Å²) in [6.07, 6.45) is 3.84. The third-order valence-corrected chi connectivity index (χ3v) is 5.48. The van der Waals surface area contributed by atoms with Crippen molar-refractivity contribution in [2.24, 2.45) is 0 Å². The number of benzene rings is 1. The molecule has 2 fully saturated rings. The first-order valence-corrected chi connectivity index (χ1v) is 9.78. The number of carbonyl (C=O) groups is 1. The molecule has 0 N–H and O–H groups in total. The molecule has 3 aliphatic rings. The highest BCUT2D eigenvalue weighted by Crippen LogP contribution is 2.31. The number of rotatable bonds is 4. The van der Waals surface area contributed by atoms with Gasteiger partial charge in [-0.05, 0) is 37.0 Å². The van der Waals surface area contributed by atoms with Crippen LogP contribution >= 0.6 is 0 Å². The normalized spacial score (nSPS) is 23.7. The first kappa shape index (κ1) is 17.6. The molecule has 1 aromatic rings.